The average molecular weight is 152 g/mol. The molecule has 1 heterocycles. The molecule has 0 spiro atoms. The molecule has 2 heteroatoms. The smallest absolute Gasteiger partial charge is 0.195 e. The van der Waals surface area contributed by atoms with Gasteiger partial charge in [-0.1, -0.05) is 12.1 Å². The van der Waals surface area contributed by atoms with Crippen molar-refractivity contribution in [3.63, 3.8) is 0 Å². The summed E-state index contributed by atoms with van der Waals surface area (Å²) >= 11 is 1.47. The first-order valence-electron chi connectivity index (χ1n) is 3.05. The van der Waals surface area contributed by atoms with E-state index in [4.69, 9.17) is 0 Å². The van der Waals surface area contributed by atoms with Crippen LogP contribution in [0.25, 0.3) is 0 Å². The van der Waals surface area contributed by atoms with Crippen molar-refractivity contribution in [1.29, 1.82) is 0 Å². The molecule has 0 unspecified atom stereocenters. The summed E-state index contributed by atoms with van der Waals surface area (Å²) in [5, 5.41) is 1.90. The lowest BCUT2D eigenvalue weighted by molar-refractivity contribution is 0.105. The van der Waals surface area contributed by atoms with Gasteiger partial charge in [0, 0.05) is 0 Å². The van der Waals surface area contributed by atoms with E-state index >= 15 is 0 Å². The molecule has 1 rings (SSSR count). The van der Waals surface area contributed by atoms with E-state index in [9.17, 15) is 4.79 Å². The largest absolute Gasteiger partial charge is 0.288 e. The molecule has 1 aromatic rings. The number of thiophene rings is 1. The minimum Gasteiger partial charge on any atom is -0.288 e. The van der Waals surface area contributed by atoms with Crippen LogP contribution >= 0.6 is 11.3 Å². The van der Waals surface area contributed by atoms with Gasteiger partial charge in [-0.3, -0.25) is 4.79 Å². The fraction of sp³-hybridized carbons (Fsp3) is 0.125. The Morgan fingerprint density at radius 2 is 2.50 bits per heavy atom. The lowest BCUT2D eigenvalue weighted by atomic mass is 10.3. The van der Waals surface area contributed by atoms with E-state index in [0.717, 1.165) is 4.88 Å². The fourth-order valence-corrected chi connectivity index (χ4v) is 1.30. The molecule has 1 nitrogen and oxygen atoms in total. The van der Waals surface area contributed by atoms with E-state index in [0.29, 0.717) is 0 Å². The van der Waals surface area contributed by atoms with Gasteiger partial charge in [-0.15, -0.1) is 11.3 Å². The van der Waals surface area contributed by atoms with Gasteiger partial charge in [0.25, 0.3) is 0 Å². The van der Waals surface area contributed by atoms with Crippen LogP contribution in [0, 0.1) is 0 Å². The number of carbonyl (C=O) groups is 1. The Morgan fingerprint density at radius 1 is 1.70 bits per heavy atom. The Hall–Kier alpha value is -0.890. The molecule has 0 saturated carbocycles. The summed E-state index contributed by atoms with van der Waals surface area (Å²) in [7, 11) is 0. The molecule has 0 aliphatic carbocycles. The third-order valence-electron chi connectivity index (χ3n) is 1.08. The van der Waals surface area contributed by atoms with Gasteiger partial charge in [0.05, 0.1) is 4.88 Å². The number of carbonyl (C=O) groups excluding carboxylic acids is 1. The second-order valence-corrected chi connectivity index (χ2v) is 2.79. The number of rotatable bonds is 2. The summed E-state index contributed by atoms with van der Waals surface area (Å²) in [4.78, 5) is 11.8. The first-order chi connectivity index (χ1) is 4.84. The van der Waals surface area contributed by atoms with Gasteiger partial charge in [0.1, 0.15) is 0 Å². The van der Waals surface area contributed by atoms with Crippen molar-refractivity contribution in [2.75, 3.05) is 0 Å². The van der Waals surface area contributed by atoms with Crippen LogP contribution in [0.4, 0.5) is 0 Å². The van der Waals surface area contributed by atoms with E-state index in [1.165, 1.54) is 11.3 Å². The highest BCUT2D eigenvalue weighted by atomic mass is 32.1. The molecule has 0 aromatic carbocycles. The van der Waals surface area contributed by atoms with E-state index in [1.807, 2.05) is 24.4 Å². The van der Waals surface area contributed by atoms with Crippen LogP contribution in [0.1, 0.15) is 16.6 Å². The van der Waals surface area contributed by atoms with Crippen LogP contribution in [0.15, 0.2) is 29.7 Å². The van der Waals surface area contributed by atoms with Crippen molar-refractivity contribution in [2.45, 2.75) is 6.92 Å². The van der Waals surface area contributed by atoms with Gasteiger partial charge in [-0.2, -0.15) is 0 Å². The van der Waals surface area contributed by atoms with Gasteiger partial charge in [0.15, 0.2) is 5.78 Å². The molecule has 52 valence electrons. The van der Waals surface area contributed by atoms with Gasteiger partial charge >= 0.3 is 0 Å². The van der Waals surface area contributed by atoms with Crippen LogP contribution < -0.4 is 0 Å². The van der Waals surface area contributed by atoms with Crippen molar-refractivity contribution in [2.24, 2.45) is 0 Å². The van der Waals surface area contributed by atoms with Crippen LogP contribution in [-0.4, -0.2) is 5.78 Å². The summed E-state index contributed by atoms with van der Waals surface area (Å²) < 4.78 is 0. The standard InChI is InChI=1S/C8H8OS/c1-2-4-7(9)8-5-3-6-10-8/h2-6H,1H3/b4-2+. The number of hydrogen-bond donors (Lipinski definition) is 0. The van der Waals surface area contributed by atoms with Crippen molar-refractivity contribution in [3.05, 3.63) is 34.5 Å². The predicted octanol–water partition coefficient (Wildman–Crippen LogP) is 2.51. The van der Waals surface area contributed by atoms with Crippen molar-refractivity contribution in [1.82, 2.24) is 0 Å². The van der Waals surface area contributed by atoms with Crippen LogP contribution in [0.2, 0.25) is 0 Å². The van der Waals surface area contributed by atoms with E-state index in [-0.39, 0.29) is 5.78 Å². The van der Waals surface area contributed by atoms with Crippen LogP contribution in [0.3, 0.4) is 0 Å². The Bertz CT molecular complexity index is 234. The van der Waals surface area contributed by atoms with E-state index < -0.39 is 0 Å². The first kappa shape index (κ1) is 7.22. The molecule has 0 fully saturated rings. The zero-order valence-corrected chi connectivity index (χ0v) is 6.52. The van der Waals surface area contributed by atoms with Gasteiger partial charge in [-0.05, 0) is 24.4 Å². The maximum absolute atomic E-state index is 11.0. The quantitative estimate of drug-likeness (QED) is 0.470. The second-order valence-electron chi connectivity index (χ2n) is 1.84. The molecule has 0 aliphatic rings. The molecule has 0 saturated heterocycles. The number of ketones is 1. The highest BCUT2D eigenvalue weighted by Crippen LogP contribution is 2.09. The maximum Gasteiger partial charge on any atom is 0.195 e. The van der Waals surface area contributed by atoms with Gasteiger partial charge < -0.3 is 0 Å². The second kappa shape index (κ2) is 3.32. The fourth-order valence-electron chi connectivity index (χ4n) is 0.652. The number of allylic oxidation sites excluding steroid dienone is 2. The summed E-state index contributed by atoms with van der Waals surface area (Å²) in [6.45, 7) is 1.84. The first-order valence-corrected chi connectivity index (χ1v) is 3.93. The molecule has 0 N–H and O–H groups in total. The molecule has 0 aliphatic heterocycles. The van der Waals surface area contributed by atoms with Gasteiger partial charge in [0.2, 0.25) is 0 Å². The number of hydrogen-bond acceptors (Lipinski definition) is 2. The molecule has 10 heavy (non-hydrogen) atoms. The summed E-state index contributed by atoms with van der Waals surface area (Å²) in [6, 6.07) is 3.70. The van der Waals surface area contributed by atoms with Crippen molar-refractivity contribution < 1.29 is 4.79 Å². The van der Waals surface area contributed by atoms with Crippen molar-refractivity contribution >= 4 is 17.1 Å². The summed E-state index contributed by atoms with van der Waals surface area (Å²) in [5.41, 5.74) is 0. The zero-order chi connectivity index (χ0) is 7.40. The highest BCUT2D eigenvalue weighted by Gasteiger charge is 1.99. The molecule has 0 bridgehead atoms. The molecule has 0 atom stereocenters. The summed E-state index contributed by atoms with van der Waals surface area (Å²) in [6.07, 6.45) is 3.33. The Morgan fingerprint density at radius 3 is 3.00 bits per heavy atom. The Balaban J connectivity index is 2.78. The molecular weight excluding hydrogens is 144 g/mol. The topological polar surface area (TPSA) is 17.1 Å². The predicted molar refractivity (Wildman–Crippen MR) is 43.5 cm³/mol. The lowest BCUT2D eigenvalue weighted by Gasteiger charge is -1.83. The Labute approximate surface area is 64.0 Å². The normalized spacial score (nSPS) is 10.5. The average Bonchev–Trinajstić information content (AvgIpc) is 2.38. The van der Waals surface area contributed by atoms with Crippen molar-refractivity contribution in [3.8, 4) is 0 Å². The SMILES string of the molecule is C/C=C/C(=O)c1cccs1. The van der Waals surface area contributed by atoms with E-state index in [1.54, 1.807) is 12.2 Å². The molecule has 0 radical (unpaired) electrons. The Kier molecular flexibility index (Phi) is 2.40. The third kappa shape index (κ3) is 1.54. The minimum absolute atomic E-state index is 0.0949. The maximum atomic E-state index is 11.0. The summed E-state index contributed by atoms with van der Waals surface area (Å²) in [5.74, 6) is 0.0949. The van der Waals surface area contributed by atoms with Crippen LogP contribution in [-0.2, 0) is 0 Å². The van der Waals surface area contributed by atoms with Gasteiger partial charge in [-0.25, -0.2) is 0 Å². The monoisotopic (exact) mass is 152 g/mol. The van der Waals surface area contributed by atoms with E-state index in [2.05, 4.69) is 0 Å². The molecule has 0 amide bonds. The zero-order valence-electron chi connectivity index (χ0n) is 5.70. The minimum atomic E-state index is 0.0949. The highest BCUT2D eigenvalue weighted by molar-refractivity contribution is 7.12. The van der Waals surface area contributed by atoms with Crippen LogP contribution in [0.5, 0.6) is 0 Å². The third-order valence-corrected chi connectivity index (χ3v) is 1.97. The lowest BCUT2D eigenvalue weighted by Crippen LogP contribution is -1.87. The molecular formula is C8H8OS. The molecule has 1 aromatic heterocycles.